The van der Waals surface area contributed by atoms with Crippen LogP contribution in [0.15, 0.2) is 11.2 Å². The molecule has 0 fully saturated rings. The first-order valence-corrected chi connectivity index (χ1v) is 5.82. The van der Waals surface area contributed by atoms with E-state index in [0.29, 0.717) is 16.9 Å². The number of nitrogen functional groups attached to an aromatic ring is 1. The topological polar surface area (TPSA) is 99.6 Å². The molecule has 0 aliphatic heterocycles. The van der Waals surface area contributed by atoms with Crippen LogP contribution in [-0.4, -0.2) is 28.6 Å². The number of carbonyl (C=O) groups excluding carboxylic acids is 2. The lowest BCUT2D eigenvalue weighted by Crippen LogP contribution is -2.34. The number of esters is 1. The van der Waals surface area contributed by atoms with Gasteiger partial charge in [-0.25, -0.2) is 4.68 Å². The third kappa shape index (κ3) is 3.64. The zero-order valence-electron chi connectivity index (χ0n) is 11.5. The molecule has 1 unspecified atom stereocenters. The highest BCUT2D eigenvalue weighted by Gasteiger charge is 2.17. The fraction of sp³-hybridized carbons (Fsp3) is 0.500. The quantitative estimate of drug-likeness (QED) is 0.605. The van der Waals surface area contributed by atoms with Gasteiger partial charge in [-0.1, -0.05) is 6.92 Å². The van der Waals surface area contributed by atoms with Crippen molar-refractivity contribution in [3.8, 4) is 0 Å². The van der Waals surface area contributed by atoms with E-state index in [1.807, 2.05) is 0 Å². The smallest absolute Gasteiger partial charge is 0.306 e. The molecular formula is C12H18N4O3. The van der Waals surface area contributed by atoms with Crippen LogP contribution in [-0.2, 0) is 14.3 Å². The van der Waals surface area contributed by atoms with E-state index >= 15 is 0 Å². The van der Waals surface area contributed by atoms with Gasteiger partial charge in [0.1, 0.15) is 0 Å². The van der Waals surface area contributed by atoms with Crippen LogP contribution < -0.4 is 11.3 Å². The van der Waals surface area contributed by atoms with Crippen LogP contribution in [0.25, 0.3) is 0 Å². The van der Waals surface area contributed by atoms with Gasteiger partial charge < -0.3 is 10.6 Å². The lowest BCUT2D eigenvalue weighted by atomic mass is 10.1. The number of hydrogen-bond donors (Lipinski definition) is 1. The van der Waals surface area contributed by atoms with Gasteiger partial charge in [0.2, 0.25) is 0 Å². The van der Waals surface area contributed by atoms with Gasteiger partial charge in [0.15, 0.2) is 5.49 Å². The van der Waals surface area contributed by atoms with Gasteiger partial charge in [-0.3, -0.25) is 14.6 Å². The lowest BCUT2D eigenvalue weighted by Gasteiger charge is -2.08. The summed E-state index contributed by atoms with van der Waals surface area (Å²) in [6.07, 6.45) is 1.58. The number of nitrogens with two attached hydrogens (primary N) is 1. The first-order valence-electron chi connectivity index (χ1n) is 5.82. The van der Waals surface area contributed by atoms with Crippen LogP contribution in [0.3, 0.4) is 0 Å². The fourth-order valence-corrected chi connectivity index (χ4v) is 1.42. The van der Waals surface area contributed by atoms with Gasteiger partial charge in [-0.05, 0) is 13.8 Å². The molecule has 2 N–H and O–H groups in total. The van der Waals surface area contributed by atoms with Crippen LogP contribution in [0.5, 0.6) is 0 Å². The van der Waals surface area contributed by atoms with Gasteiger partial charge in [0, 0.05) is 12.1 Å². The number of aryl methyl sites for hydroxylation is 2. The molecule has 19 heavy (non-hydrogen) atoms. The molecule has 1 aromatic heterocycles. The number of hydrogen-bond acceptors (Lipinski definition) is 5. The molecule has 7 heteroatoms. The van der Waals surface area contributed by atoms with Crippen LogP contribution in [0.4, 0.5) is 0 Å². The second-order valence-electron chi connectivity index (χ2n) is 4.31. The molecule has 1 aromatic rings. The van der Waals surface area contributed by atoms with Crippen LogP contribution in [0, 0.1) is 19.8 Å². The van der Waals surface area contributed by atoms with E-state index in [2.05, 4.69) is 14.7 Å². The molecule has 0 saturated carbocycles. The second kappa shape index (κ2) is 6.12. The van der Waals surface area contributed by atoms with Crippen molar-refractivity contribution >= 4 is 11.9 Å². The summed E-state index contributed by atoms with van der Waals surface area (Å²) in [5.74, 6) is 4.36. The molecule has 0 bridgehead atoms. The van der Waals surface area contributed by atoms with E-state index in [9.17, 15) is 9.59 Å². The number of ether oxygens (including phenoxy) is 1. The van der Waals surface area contributed by atoms with Gasteiger partial charge in [0.05, 0.1) is 24.9 Å². The molecule has 1 atom stereocenters. The summed E-state index contributed by atoms with van der Waals surface area (Å²) in [5.41, 5.74) is 1.52. The number of amides is 1. The van der Waals surface area contributed by atoms with E-state index in [-0.39, 0.29) is 6.42 Å². The summed E-state index contributed by atoms with van der Waals surface area (Å²) in [4.78, 5) is 31.0. The minimum Gasteiger partial charge on any atom is -0.469 e. The average Bonchev–Trinajstić information content (AvgIpc) is 2.38. The van der Waals surface area contributed by atoms with Crippen LogP contribution in [0.2, 0.25) is 0 Å². The van der Waals surface area contributed by atoms with E-state index in [1.165, 1.54) is 11.8 Å². The van der Waals surface area contributed by atoms with Gasteiger partial charge in [0.25, 0.3) is 5.91 Å². The zero-order valence-corrected chi connectivity index (χ0v) is 11.5. The van der Waals surface area contributed by atoms with E-state index < -0.39 is 17.8 Å². The third-order valence-corrected chi connectivity index (χ3v) is 2.72. The minimum atomic E-state index is -0.563. The monoisotopic (exact) mass is 266 g/mol. The van der Waals surface area contributed by atoms with Crippen molar-refractivity contribution in [1.82, 2.24) is 9.66 Å². The number of rotatable bonds is 3. The predicted octanol–water partition coefficient (Wildman–Crippen LogP) is -0.160. The Bertz CT molecular complexity index is 563. The van der Waals surface area contributed by atoms with Crippen LogP contribution in [0.1, 0.15) is 24.7 Å². The van der Waals surface area contributed by atoms with E-state index in [4.69, 9.17) is 5.84 Å². The Balaban J connectivity index is 3.06. The largest absolute Gasteiger partial charge is 0.469 e. The number of methoxy groups -OCH3 is 1. The number of aromatic nitrogens is 2. The van der Waals surface area contributed by atoms with Crippen molar-refractivity contribution in [1.29, 1.82) is 0 Å². The molecule has 0 aliphatic rings. The standard InChI is InChI=1S/C12H18N4O3/c1-7(5-10(17)19-4)12(18)15-11-9(3)14-6-8(2)16(11)13/h6-7H,5,13H2,1-4H3. The Morgan fingerprint density at radius 1 is 1.53 bits per heavy atom. The van der Waals surface area contributed by atoms with Gasteiger partial charge in [-0.2, -0.15) is 4.99 Å². The van der Waals surface area contributed by atoms with Gasteiger partial charge in [-0.15, -0.1) is 0 Å². The molecule has 0 spiro atoms. The maximum Gasteiger partial charge on any atom is 0.306 e. The molecule has 104 valence electrons. The maximum absolute atomic E-state index is 11.9. The molecule has 0 aliphatic carbocycles. The first kappa shape index (κ1) is 14.9. The van der Waals surface area contributed by atoms with Crippen molar-refractivity contribution < 1.29 is 14.3 Å². The summed E-state index contributed by atoms with van der Waals surface area (Å²) < 4.78 is 5.81. The van der Waals surface area contributed by atoms with Crippen molar-refractivity contribution in [3.63, 3.8) is 0 Å². The molecular weight excluding hydrogens is 248 g/mol. The Hall–Kier alpha value is -2.18. The Kier molecular flexibility index (Phi) is 4.80. The normalized spacial score (nSPS) is 13.2. The highest BCUT2D eigenvalue weighted by atomic mass is 16.5. The molecule has 1 amide bonds. The molecule has 7 nitrogen and oxygen atoms in total. The summed E-state index contributed by atoms with van der Waals surface area (Å²) in [7, 11) is 1.28. The Morgan fingerprint density at radius 3 is 2.74 bits per heavy atom. The van der Waals surface area contributed by atoms with E-state index in [1.54, 1.807) is 27.0 Å². The highest BCUT2D eigenvalue weighted by Crippen LogP contribution is 2.05. The molecule has 1 heterocycles. The molecule has 0 aromatic carbocycles. The predicted molar refractivity (Wildman–Crippen MR) is 68.2 cm³/mol. The maximum atomic E-state index is 11.9. The molecule has 1 rings (SSSR count). The van der Waals surface area contributed by atoms with Crippen LogP contribution >= 0.6 is 0 Å². The minimum absolute atomic E-state index is 0.0122. The Labute approximate surface area is 111 Å². The summed E-state index contributed by atoms with van der Waals surface area (Å²) in [6, 6.07) is 0. The number of nitrogens with zero attached hydrogens (tertiary/aromatic N) is 3. The number of carbonyl (C=O) groups is 2. The molecule has 0 saturated heterocycles. The van der Waals surface area contributed by atoms with Crippen molar-refractivity contribution in [3.05, 3.63) is 23.1 Å². The second-order valence-corrected chi connectivity index (χ2v) is 4.31. The third-order valence-electron chi connectivity index (χ3n) is 2.72. The van der Waals surface area contributed by atoms with Crippen molar-refractivity contribution in [2.45, 2.75) is 27.2 Å². The van der Waals surface area contributed by atoms with Crippen molar-refractivity contribution in [2.75, 3.05) is 13.0 Å². The zero-order chi connectivity index (χ0) is 14.6. The summed E-state index contributed by atoms with van der Waals surface area (Å²) >= 11 is 0. The fourth-order valence-electron chi connectivity index (χ4n) is 1.42. The van der Waals surface area contributed by atoms with E-state index in [0.717, 1.165) is 0 Å². The highest BCUT2D eigenvalue weighted by molar-refractivity contribution is 5.83. The summed E-state index contributed by atoms with van der Waals surface area (Å²) in [5, 5.41) is 0. The SMILES string of the molecule is COC(=O)CC(C)C(=O)N=c1c(C)ncc(C)n1N. The summed E-state index contributed by atoms with van der Waals surface area (Å²) in [6.45, 7) is 5.08. The lowest BCUT2D eigenvalue weighted by molar-refractivity contribution is -0.143. The average molecular weight is 266 g/mol. The first-order chi connectivity index (χ1) is 8.86. The van der Waals surface area contributed by atoms with Gasteiger partial charge >= 0.3 is 5.97 Å². The molecule has 0 radical (unpaired) electrons. The van der Waals surface area contributed by atoms with Crippen molar-refractivity contribution in [2.24, 2.45) is 10.9 Å². The Morgan fingerprint density at radius 2 is 2.16 bits per heavy atom.